The minimum absolute atomic E-state index is 0.498. The molecule has 2 rings (SSSR count). The van der Waals surface area contributed by atoms with Crippen LogP contribution in [0.1, 0.15) is 0 Å². The van der Waals surface area contributed by atoms with E-state index in [9.17, 15) is 0 Å². The zero-order chi connectivity index (χ0) is 13.5. The van der Waals surface area contributed by atoms with E-state index in [1.54, 1.807) is 0 Å². The van der Waals surface area contributed by atoms with Crippen LogP contribution in [0.5, 0.6) is 11.5 Å². The first-order chi connectivity index (χ1) is 9.28. The lowest BCUT2D eigenvalue weighted by Crippen LogP contribution is -2.08. The summed E-state index contributed by atoms with van der Waals surface area (Å²) in [5.41, 5.74) is 7.39. The van der Waals surface area contributed by atoms with E-state index in [1.165, 1.54) is 0 Å². The van der Waals surface area contributed by atoms with Crippen molar-refractivity contribution in [3.05, 3.63) is 48.5 Å². The Morgan fingerprint density at radius 1 is 0.842 bits per heavy atom. The number of ether oxygens (including phenoxy) is 2. The molecule has 19 heavy (non-hydrogen) atoms. The number of nitrogens with two attached hydrogens (primary N) is 1. The lowest BCUT2D eigenvalue weighted by Gasteiger charge is -2.09. The molecule has 0 aliphatic heterocycles. The number of anilines is 2. The third-order valence-electron chi connectivity index (χ3n) is 2.64. The Morgan fingerprint density at radius 3 is 1.79 bits per heavy atom. The molecule has 0 atom stereocenters. The molecule has 0 aliphatic rings. The summed E-state index contributed by atoms with van der Waals surface area (Å²) in [6.45, 7) is 1.00. The molecule has 100 valence electrons. The van der Waals surface area contributed by atoms with Crippen LogP contribution in [-0.2, 0) is 0 Å². The van der Waals surface area contributed by atoms with Crippen molar-refractivity contribution in [2.75, 3.05) is 31.3 Å². The zero-order valence-corrected chi connectivity index (χ0v) is 10.9. The maximum atomic E-state index is 5.60. The van der Waals surface area contributed by atoms with Gasteiger partial charge in [0.25, 0.3) is 0 Å². The van der Waals surface area contributed by atoms with Crippen molar-refractivity contribution < 1.29 is 9.47 Å². The molecule has 2 aromatic rings. The Hall–Kier alpha value is -2.36. The Labute approximate surface area is 113 Å². The quantitative estimate of drug-likeness (QED) is 0.618. The van der Waals surface area contributed by atoms with Crippen molar-refractivity contribution >= 4 is 11.4 Å². The van der Waals surface area contributed by atoms with Gasteiger partial charge in [-0.25, -0.2) is 0 Å². The summed E-state index contributed by atoms with van der Waals surface area (Å²) >= 11 is 0. The predicted octanol–water partition coefficient (Wildman–Crippen LogP) is 2.77. The second-order valence-electron chi connectivity index (χ2n) is 4.04. The molecule has 0 amide bonds. The minimum Gasteiger partial charge on any atom is -0.490 e. The van der Waals surface area contributed by atoms with Crippen LogP contribution in [0.4, 0.5) is 11.4 Å². The molecule has 0 radical (unpaired) electrons. The van der Waals surface area contributed by atoms with Crippen LogP contribution >= 0.6 is 0 Å². The summed E-state index contributed by atoms with van der Waals surface area (Å²) in [5, 5.41) is 3.06. The van der Waals surface area contributed by atoms with Crippen LogP contribution in [-0.4, -0.2) is 20.3 Å². The third-order valence-corrected chi connectivity index (χ3v) is 2.64. The zero-order valence-electron chi connectivity index (χ0n) is 10.9. The van der Waals surface area contributed by atoms with Crippen molar-refractivity contribution in [1.29, 1.82) is 0 Å². The molecule has 0 aliphatic carbocycles. The van der Waals surface area contributed by atoms with Crippen molar-refractivity contribution in [2.45, 2.75) is 0 Å². The van der Waals surface area contributed by atoms with Gasteiger partial charge in [0.15, 0.2) is 0 Å². The monoisotopic (exact) mass is 258 g/mol. The molecule has 4 heteroatoms. The molecule has 2 aromatic carbocycles. The van der Waals surface area contributed by atoms with E-state index >= 15 is 0 Å². The van der Waals surface area contributed by atoms with Crippen LogP contribution in [0, 0.1) is 0 Å². The summed E-state index contributed by atoms with van der Waals surface area (Å²) in [6, 6.07) is 15.1. The first-order valence-electron chi connectivity index (χ1n) is 6.17. The van der Waals surface area contributed by atoms with Gasteiger partial charge < -0.3 is 20.5 Å². The standard InChI is InChI=1S/C15H18N2O2/c1-17-13-4-8-15(9-5-13)19-11-10-18-14-6-2-12(16)3-7-14/h2-9,17H,10-11,16H2,1H3. The summed E-state index contributed by atoms with van der Waals surface area (Å²) in [4.78, 5) is 0. The van der Waals surface area contributed by atoms with E-state index in [0.717, 1.165) is 22.9 Å². The average Bonchev–Trinajstić information content (AvgIpc) is 2.46. The first kappa shape index (κ1) is 13.1. The van der Waals surface area contributed by atoms with Gasteiger partial charge in [-0.1, -0.05) is 0 Å². The van der Waals surface area contributed by atoms with Gasteiger partial charge in [0.2, 0.25) is 0 Å². The number of nitrogens with one attached hydrogen (secondary N) is 1. The third kappa shape index (κ3) is 4.10. The highest BCUT2D eigenvalue weighted by Crippen LogP contribution is 2.15. The van der Waals surface area contributed by atoms with Gasteiger partial charge in [0, 0.05) is 18.4 Å². The summed E-state index contributed by atoms with van der Waals surface area (Å²) in [6.07, 6.45) is 0. The SMILES string of the molecule is CNc1ccc(OCCOc2ccc(N)cc2)cc1. The maximum absolute atomic E-state index is 5.60. The highest BCUT2D eigenvalue weighted by atomic mass is 16.5. The molecule has 4 nitrogen and oxygen atoms in total. The van der Waals surface area contributed by atoms with Gasteiger partial charge in [0.1, 0.15) is 24.7 Å². The van der Waals surface area contributed by atoms with E-state index in [2.05, 4.69) is 5.32 Å². The Balaban J connectivity index is 1.72. The van der Waals surface area contributed by atoms with Crippen molar-refractivity contribution in [3.8, 4) is 11.5 Å². The van der Waals surface area contributed by atoms with Crippen LogP contribution in [0.3, 0.4) is 0 Å². The Morgan fingerprint density at radius 2 is 1.32 bits per heavy atom. The molecule has 0 spiro atoms. The highest BCUT2D eigenvalue weighted by Gasteiger charge is 1.96. The molecule has 0 saturated carbocycles. The summed E-state index contributed by atoms with van der Waals surface area (Å²) < 4.78 is 11.1. The highest BCUT2D eigenvalue weighted by molar-refractivity contribution is 5.45. The largest absolute Gasteiger partial charge is 0.490 e. The fraction of sp³-hybridized carbons (Fsp3) is 0.200. The summed E-state index contributed by atoms with van der Waals surface area (Å²) in [7, 11) is 1.89. The lowest BCUT2D eigenvalue weighted by molar-refractivity contribution is 0.217. The van der Waals surface area contributed by atoms with Crippen molar-refractivity contribution in [3.63, 3.8) is 0 Å². The molecular weight excluding hydrogens is 240 g/mol. The van der Waals surface area contributed by atoms with E-state index in [0.29, 0.717) is 13.2 Å². The van der Waals surface area contributed by atoms with Crippen LogP contribution in [0.25, 0.3) is 0 Å². The number of hydrogen-bond donors (Lipinski definition) is 2. The van der Waals surface area contributed by atoms with Crippen molar-refractivity contribution in [1.82, 2.24) is 0 Å². The Kier molecular flexibility index (Phi) is 4.50. The second kappa shape index (κ2) is 6.54. The number of hydrogen-bond acceptors (Lipinski definition) is 4. The molecule has 0 fully saturated rings. The topological polar surface area (TPSA) is 56.5 Å². The van der Waals surface area contributed by atoms with Gasteiger partial charge in [-0.15, -0.1) is 0 Å². The number of nitrogen functional groups attached to an aromatic ring is 1. The molecule has 0 heterocycles. The molecule has 0 aromatic heterocycles. The smallest absolute Gasteiger partial charge is 0.122 e. The van der Waals surface area contributed by atoms with Crippen LogP contribution in [0.15, 0.2) is 48.5 Å². The lowest BCUT2D eigenvalue weighted by atomic mass is 10.3. The van der Waals surface area contributed by atoms with E-state index in [4.69, 9.17) is 15.2 Å². The van der Waals surface area contributed by atoms with Gasteiger partial charge in [-0.05, 0) is 48.5 Å². The second-order valence-corrected chi connectivity index (χ2v) is 4.04. The Bertz CT molecular complexity index is 495. The fourth-order valence-corrected chi connectivity index (χ4v) is 1.60. The maximum Gasteiger partial charge on any atom is 0.122 e. The van der Waals surface area contributed by atoms with Gasteiger partial charge in [-0.2, -0.15) is 0 Å². The molecule has 3 N–H and O–H groups in total. The molecular formula is C15H18N2O2. The van der Waals surface area contributed by atoms with Gasteiger partial charge >= 0.3 is 0 Å². The van der Waals surface area contributed by atoms with E-state index in [-0.39, 0.29) is 0 Å². The van der Waals surface area contributed by atoms with Crippen LogP contribution < -0.4 is 20.5 Å². The molecule has 0 unspecified atom stereocenters. The van der Waals surface area contributed by atoms with E-state index < -0.39 is 0 Å². The normalized spacial score (nSPS) is 9.95. The first-order valence-corrected chi connectivity index (χ1v) is 6.17. The number of rotatable bonds is 6. The molecule has 0 saturated heterocycles. The minimum atomic E-state index is 0.498. The van der Waals surface area contributed by atoms with E-state index in [1.807, 2.05) is 55.6 Å². The molecule has 0 bridgehead atoms. The van der Waals surface area contributed by atoms with Crippen molar-refractivity contribution in [2.24, 2.45) is 0 Å². The fourth-order valence-electron chi connectivity index (χ4n) is 1.60. The average molecular weight is 258 g/mol. The number of benzene rings is 2. The predicted molar refractivity (Wildman–Crippen MR) is 77.8 cm³/mol. The van der Waals surface area contributed by atoms with Gasteiger partial charge in [0.05, 0.1) is 0 Å². The van der Waals surface area contributed by atoms with Crippen LogP contribution in [0.2, 0.25) is 0 Å². The summed E-state index contributed by atoms with van der Waals surface area (Å²) in [5.74, 6) is 1.63. The van der Waals surface area contributed by atoms with Gasteiger partial charge in [-0.3, -0.25) is 0 Å².